The van der Waals surface area contributed by atoms with Crippen LogP contribution >= 0.6 is 0 Å². The Labute approximate surface area is 116 Å². The Morgan fingerprint density at radius 3 is 2.20 bits per heavy atom. The second-order valence-corrected chi connectivity index (χ2v) is 5.20. The van der Waals surface area contributed by atoms with Crippen LogP contribution in [0.3, 0.4) is 0 Å². The van der Waals surface area contributed by atoms with Crippen LogP contribution in [0.5, 0.6) is 0 Å². The summed E-state index contributed by atoms with van der Waals surface area (Å²) in [6, 6.07) is 8.28. The lowest BCUT2D eigenvalue weighted by atomic mass is 9.81. The van der Waals surface area contributed by atoms with E-state index in [4.69, 9.17) is 5.73 Å². The summed E-state index contributed by atoms with van der Waals surface area (Å²) in [7, 11) is 0. The molecule has 20 heavy (non-hydrogen) atoms. The Hall–Kier alpha value is -1.56. The van der Waals surface area contributed by atoms with Gasteiger partial charge in [-0.15, -0.1) is 0 Å². The molecule has 1 unspecified atom stereocenters. The molecule has 0 radical (unpaired) electrons. The zero-order valence-corrected chi connectivity index (χ0v) is 11.5. The van der Waals surface area contributed by atoms with Gasteiger partial charge in [0.25, 0.3) is 0 Å². The molecule has 0 aromatic heterocycles. The third kappa shape index (κ3) is 4.23. The molecule has 1 atom stereocenters. The van der Waals surface area contributed by atoms with E-state index in [0.29, 0.717) is 5.56 Å². The Balaban J connectivity index is 3.18. The molecule has 112 valence electrons. The second-order valence-electron chi connectivity index (χ2n) is 5.20. The molecule has 1 rings (SSSR count). The van der Waals surface area contributed by atoms with Crippen molar-refractivity contribution in [2.24, 2.45) is 11.7 Å². The molecule has 0 aliphatic heterocycles. The van der Waals surface area contributed by atoms with Gasteiger partial charge in [0.05, 0.1) is 6.54 Å². The Kier molecular flexibility index (Phi) is 5.16. The summed E-state index contributed by atoms with van der Waals surface area (Å²) in [5, 5.41) is 2.32. The van der Waals surface area contributed by atoms with Gasteiger partial charge in [-0.2, -0.15) is 13.2 Å². The first-order valence-corrected chi connectivity index (χ1v) is 6.34. The number of halogens is 3. The molecule has 0 heterocycles. The third-order valence-corrected chi connectivity index (χ3v) is 2.99. The zero-order chi connectivity index (χ0) is 15.4. The van der Waals surface area contributed by atoms with Crippen molar-refractivity contribution >= 4 is 5.91 Å². The summed E-state index contributed by atoms with van der Waals surface area (Å²) in [6.45, 7) is 2.39. The number of carbonyl (C=O) groups excluding carboxylic acids is 1. The number of rotatable bonds is 6. The number of primary amides is 1. The molecular formula is C14H19F3N2O. The van der Waals surface area contributed by atoms with Crippen LogP contribution in [0, 0.1) is 5.92 Å². The van der Waals surface area contributed by atoms with Gasteiger partial charge in [0.2, 0.25) is 5.91 Å². The van der Waals surface area contributed by atoms with Crippen molar-refractivity contribution in [2.45, 2.75) is 32.0 Å². The number of alkyl halides is 3. The van der Waals surface area contributed by atoms with E-state index in [1.54, 1.807) is 30.3 Å². The number of nitrogens with two attached hydrogens (primary N) is 1. The molecule has 1 amide bonds. The summed E-state index contributed by atoms with van der Waals surface area (Å²) in [6.07, 6.45) is -4.21. The highest BCUT2D eigenvalue weighted by Gasteiger charge is 2.42. The summed E-state index contributed by atoms with van der Waals surface area (Å²) < 4.78 is 37.5. The summed E-state index contributed by atoms with van der Waals surface area (Å²) >= 11 is 0. The molecule has 0 fully saturated rings. The van der Waals surface area contributed by atoms with Crippen molar-refractivity contribution in [1.29, 1.82) is 0 Å². The number of amides is 1. The minimum absolute atomic E-state index is 0.00318. The molecule has 0 bridgehead atoms. The van der Waals surface area contributed by atoms with E-state index < -0.39 is 24.2 Å². The van der Waals surface area contributed by atoms with Crippen molar-refractivity contribution in [1.82, 2.24) is 5.32 Å². The minimum Gasteiger partial charge on any atom is -0.368 e. The summed E-state index contributed by atoms with van der Waals surface area (Å²) in [5.74, 6) is -0.801. The first-order valence-electron chi connectivity index (χ1n) is 6.34. The van der Waals surface area contributed by atoms with Crippen LogP contribution in [-0.2, 0) is 10.3 Å². The summed E-state index contributed by atoms with van der Waals surface area (Å²) in [4.78, 5) is 11.9. The van der Waals surface area contributed by atoms with Crippen molar-refractivity contribution in [3.63, 3.8) is 0 Å². The molecule has 6 heteroatoms. The second kappa shape index (κ2) is 6.26. The zero-order valence-electron chi connectivity index (χ0n) is 11.5. The Morgan fingerprint density at radius 2 is 1.80 bits per heavy atom. The van der Waals surface area contributed by atoms with Gasteiger partial charge in [-0.3, -0.25) is 10.1 Å². The van der Waals surface area contributed by atoms with Crippen LogP contribution in [0.1, 0.15) is 25.8 Å². The fourth-order valence-corrected chi connectivity index (χ4v) is 2.21. The van der Waals surface area contributed by atoms with Gasteiger partial charge < -0.3 is 5.73 Å². The van der Waals surface area contributed by atoms with Crippen molar-refractivity contribution in [3.05, 3.63) is 35.9 Å². The molecule has 1 aromatic carbocycles. The number of benzene rings is 1. The van der Waals surface area contributed by atoms with E-state index in [1.165, 1.54) is 0 Å². The lowest BCUT2D eigenvalue weighted by Crippen LogP contribution is -2.55. The van der Waals surface area contributed by atoms with Crippen LogP contribution in [0.4, 0.5) is 13.2 Å². The fourth-order valence-electron chi connectivity index (χ4n) is 2.21. The maximum Gasteiger partial charge on any atom is 0.401 e. The van der Waals surface area contributed by atoms with Crippen LogP contribution in [-0.4, -0.2) is 18.6 Å². The number of carbonyl (C=O) groups is 1. The van der Waals surface area contributed by atoms with Gasteiger partial charge >= 0.3 is 6.18 Å². The molecule has 0 saturated heterocycles. The van der Waals surface area contributed by atoms with Gasteiger partial charge in [-0.25, -0.2) is 0 Å². The van der Waals surface area contributed by atoms with Crippen molar-refractivity contribution in [2.75, 3.05) is 6.54 Å². The highest BCUT2D eigenvalue weighted by Crippen LogP contribution is 2.30. The van der Waals surface area contributed by atoms with E-state index in [9.17, 15) is 18.0 Å². The molecule has 3 nitrogen and oxygen atoms in total. The van der Waals surface area contributed by atoms with Crippen LogP contribution in [0.15, 0.2) is 30.3 Å². The topological polar surface area (TPSA) is 55.1 Å². The van der Waals surface area contributed by atoms with E-state index in [2.05, 4.69) is 5.32 Å². The van der Waals surface area contributed by atoms with Gasteiger partial charge in [0, 0.05) is 0 Å². The minimum atomic E-state index is -4.41. The van der Waals surface area contributed by atoms with E-state index in [0.717, 1.165) is 0 Å². The average molecular weight is 288 g/mol. The summed E-state index contributed by atoms with van der Waals surface area (Å²) in [5.41, 5.74) is 4.35. The molecule has 3 N–H and O–H groups in total. The first kappa shape index (κ1) is 16.5. The maximum atomic E-state index is 12.5. The van der Waals surface area contributed by atoms with Crippen LogP contribution < -0.4 is 11.1 Å². The van der Waals surface area contributed by atoms with Crippen LogP contribution in [0.25, 0.3) is 0 Å². The van der Waals surface area contributed by atoms with E-state index >= 15 is 0 Å². The Morgan fingerprint density at radius 1 is 1.25 bits per heavy atom. The van der Waals surface area contributed by atoms with Gasteiger partial charge in [0.1, 0.15) is 5.54 Å². The monoisotopic (exact) mass is 288 g/mol. The number of hydrogen-bond donors (Lipinski definition) is 2. The highest BCUT2D eigenvalue weighted by molar-refractivity contribution is 5.86. The third-order valence-electron chi connectivity index (χ3n) is 2.99. The fraction of sp³-hybridized carbons (Fsp3) is 0.500. The lowest BCUT2D eigenvalue weighted by Gasteiger charge is -2.34. The van der Waals surface area contributed by atoms with Crippen LogP contribution in [0.2, 0.25) is 0 Å². The quantitative estimate of drug-likeness (QED) is 0.845. The maximum absolute atomic E-state index is 12.5. The highest BCUT2D eigenvalue weighted by atomic mass is 19.4. The van der Waals surface area contributed by atoms with Gasteiger partial charge in [-0.1, -0.05) is 44.2 Å². The predicted octanol–water partition coefficient (Wildman–Crippen LogP) is 2.57. The van der Waals surface area contributed by atoms with Crippen molar-refractivity contribution in [3.8, 4) is 0 Å². The van der Waals surface area contributed by atoms with Gasteiger partial charge in [-0.05, 0) is 17.9 Å². The molecular weight excluding hydrogens is 269 g/mol. The van der Waals surface area contributed by atoms with E-state index in [-0.39, 0.29) is 12.3 Å². The average Bonchev–Trinajstić information content (AvgIpc) is 2.33. The largest absolute Gasteiger partial charge is 0.401 e. The molecule has 1 aromatic rings. The number of hydrogen-bond acceptors (Lipinski definition) is 2. The smallest absolute Gasteiger partial charge is 0.368 e. The Bertz CT molecular complexity index is 445. The number of nitrogens with one attached hydrogen (secondary N) is 1. The van der Waals surface area contributed by atoms with E-state index in [1.807, 2.05) is 13.8 Å². The molecule has 0 saturated carbocycles. The lowest BCUT2D eigenvalue weighted by molar-refractivity contribution is -0.137. The van der Waals surface area contributed by atoms with Gasteiger partial charge in [0.15, 0.2) is 0 Å². The first-order chi connectivity index (χ1) is 9.17. The standard InChI is InChI=1S/C14H19F3N2O/c1-10(2)8-13(12(18)20,19-9-14(15,16)17)11-6-4-3-5-7-11/h3-7,10,19H,8-9H2,1-2H3,(H2,18,20). The molecule has 0 aliphatic carbocycles. The SMILES string of the molecule is CC(C)CC(NCC(F)(F)F)(C(N)=O)c1ccccc1. The normalized spacial score (nSPS) is 15.1. The molecule has 0 spiro atoms. The van der Waals surface area contributed by atoms with Crippen molar-refractivity contribution < 1.29 is 18.0 Å². The molecule has 0 aliphatic rings. The predicted molar refractivity (Wildman–Crippen MR) is 70.8 cm³/mol.